The molecular weight excluding hydrogens is 272 g/mol. The van der Waals surface area contributed by atoms with Gasteiger partial charge in [0.2, 0.25) is 0 Å². The number of nitrogens with two attached hydrogens (primary N) is 1. The highest BCUT2D eigenvalue weighted by Gasteiger charge is 2.12. The molecule has 0 bridgehead atoms. The van der Waals surface area contributed by atoms with Gasteiger partial charge in [-0.1, -0.05) is 0 Å². The van der Waals surface area contributed by atoms with Gasteiger partial charge >= 0.3 is 5.97 Å². The first-order chi connectivity index (χ1) is 10.2. The molecule has 0 atom stereocenters. The molecule has 1 aromatic carbocycles. The maximum absolute atomic E-state index is 12.0. The first-order valence-corrected chi connectivity index (χ1v) is 6.71. The van der Waals surface area contributed by atoms with Crippen molar-refractivity contribution in [2.24, 2.45) is 0 Å². The quantitative estimate of drug-likeness (QED) is 0.642. The summed E-state index contributed by atoms with van der Waals surface area (Å²) in [5, 5.41) is 4.01. The Labute approximate surface area is 122 Å². The second kappa shape index (κ2) is 6.74. The number of anilines is 1. The van der Waals surface area contributed by atoms with Crippen LogP contribution in [0.15, 0.2) is 24.5 Å². The van der Waals surface area contributed by atoms with E-state index in [1.165, 1.54) is 12.4 Å². The fourth-order valence-corrected chi connectivity index (χ4v) is 1.84. The highest BCUT2D eigenvalue weighted by molar-refractivity contribution is 5.91. The predicted octanol–water partition coefficient (Wildman–Crippen LogP) is 1.64. The lowest BCUT2D eigenvalue weighted by molar-refractivity contribution is 0.0457. The van der Waals surface area contributed by atoms with E-state index in [4.69, 9.17) is 15.2 Å². The molecule has 0 spiro atoms. The van der Waals surface area contributed by atoms with Crippen molar-refractivity contribution in [2.45, 2.75) is 27.0 Å². The number of carbonyl (C=O) groups is 1. The normalized spacial score (nSPS) is 10.4. The van der Waals surface area contributed by atoms with Gasteiger partial charge in [0.25, 0.3) is 0 Å². The summed E-state index contributed by atoms with van der Waals surface area (Å²) in [6.45, 7) is 5.06. The molecule has 7 heteroatoms. The van der Waals surface area contributed by atoms with Crippen molar-refractivity contribution < 1.29 is 14.3 Å². The van der Waals surface area contributed by atoms with Gasteiger partial charge in [0.05, 0.1) is 17.9 Å². The third kappa shape index (κ3) is 3.50. The standard InChI is InChI=1S/C14H18N4O3/c1-3-18-13(16-9-17-18)8-21-14(19)10-5-6-12(20-4-2)11(15)7-10/h5-7,9H,3-4,8,15H2,1-2H3. The third-order valence-electron chi connectivity index (χ3n) is 2.87. The van der Waals surface area contributed by atoms with Crippen molar-refractivity contribution in [2.75, 3.05) is 12.3 Å². The summed E-state index contributed by atoms with van der Waals surface area (Å²) >= 11 is 0. The maximum atomic E-state index is 12.0. The number of ether oxygens (including phenoxy) is 2. The number of nitrogens with zero attached hydrogens (tertiary/aromatic N) is 3. The van der Waals surface area contributed by atoms with Crippen LogP contribution in [0, 0.1) is 0 Å². The van der Waals surface area contributed by atoms with Crippen LogP contribution in [0.1, 0.15) is 30.0 Å². The third-order valence-corrected chi connectivity index (χ3v) is 2.87. The van der Waals surface area contributed by atoms with E-state index in [2.05, 4.69) is 10.1 Å². The van der Waals surface area contributed by atoms with Crippen LogP contribution >= 0.6 is 0 Å². The molecule has 1 heterocycles. The SMILES string of the molecule is CCOc1ccc(C(=O)OCc2ncnn2CC)cc1N. The molecule has 0 saturated heterocycles. The van der Waals surface area contributed by atoms with Crippen molar-refractivity contribution in [3.63, 3.8) is 0 Å². The smallest absolute Gasteiger partial charge is 0.338 e. The van der Waals surface area contributed by atoms with Crippen molar-refractivity contribution in [1.82, 2.24) is 14.8 Å². The van der Waals surface area contributed by atoms with Crippen LogP contribution < -0.4 is 10.5 Å². The number of rotatable bonds is 6. The number of esters is 1. The number of aryl methyl sites for hydroxylation is 1. The Bertz CT molecular complexity index is 624. The molecule has 2 N–H and O–H groups in total. The van der Waals surface area contributed by atoms with E-state index in [1.54, 1.807) is 16.8 Å². The highest BCUT2D eigenvalue weighted by atomic mass is 16.5. The lowest BCUT2D eigenvalue weighted by Crippen LogP contribution is -2.10. The van der Waals surface area contributed by atoms with Crippen LogP contribution in [0.2, 0.25) is 0 Å². The number of benzene rings is 1. The van der Waals surface area contributed by atoms with Crippen molar-refractivity contribution >= 4 is 11.7 Å². The summed E-state index contributed by atoms with van der Waals surface area (Å²) in [6, 6.07) is 4.82. The summed E-state index contributed by atoms with van der Waals surface area (Å²) in [5.74, 6) is 0.694. The summed E-state index contributed by atoms with van der Waals surface area (Å²) in [7, 11) is 0. The van der Waals surface area contributed by atoms with Crippen LogP contribution in [0.3, 0.4) is 0 Å². The lowest BCUT2D eigenvalue weighted by Gasteiger charge is -2.09. The van der Waals surface area contributed by atoms with Crippen molar-refractivity contribution in [3.05, 3.63) is 35.9 Å². The van der Waals surface area contributed by atoms with E-state index >= 15 is 0 Å². The second-order valence-electron chi connectivity index (χ2n) is 4.25. The Kier molecular flexibility index (Phi) is 4.76. The molecule has 112 valence electrons. The Morgan fingerprint density at radius 2 is 2.19 bits per heavy atom. The predicted molar refractivity (Wildman–Crippen MR) is 76.8 cm³/mol. The Morgan fingerprint density at radius 3 is 2.86 bits per heavy atom. The molecule has 0 fully saturated rings. The van der Waals surface area contributed by atoms with Crippen LogP contribution in [-0.2, 0) is 17.9 Å². The van der Waals surface area contributed by atoms with E-state index in [0.29, 0.717) is 36.0 Å². The summed E-state index contributed by atoms with van der Waals surface area (Å²) in [5.41, 5.74) is 6.60. The van der Waals surface area contributed by atoms with E-state index in [9.17, 15) is 4.79 Å². The Balaban J connectivity index is 2.02. The van der Waals surface area contributed by atoms with E-state index < -0.39 is 5.97 Å². The first-order valence-electron chi connectivity index (χ1n) is 6.71. The minimum atomic E-state index is -0.463. The molecule has 0 aliphatic rings. The van der Waals surface area contributed by atoms with Crippen LogP contribution in [-0.4, -0.2) is 27.3 Å². The first kappa shape index (κ1) is 14.8. The zero-order valence-electron chi connectivity index (χ0n) is 12.1. The molecule has 0 unspecified atom stereocenters. The lowest BCUT2D eigenvalue weighted by atomic mass is 10.2. The van der Waals surface area contributed by atoms with Crippen LogP contribution in [0.4, 0.5) is 5.69 Å². The van der Waals surface area contributed by atoms with Gasteiger partial charge in [0.1, 0.15) is 12.1 Å². The molecule has 7 nitrogen and oxygen atoms in total. The monoisotopic (exact) mass is 290 g/mol. The number of hydrogen-bond donors (Lipinski definition) is 1. The zero-order valence-corrected chi connectivity index (χ0v) is 12.1. The van der Waals surface area contributed by atoms with Crippen LogP contribution in [0.25, 0.3) is 0 Å². The maximum Gasteiger partial charge on any atom is 0.338 e. The largest absolute Gasteiger partial charge is 0.492 e. The van der Waals surface area contributed by atoms with E-state index in [-0.39, 0.29) is 6.61 Å². The fourth-order valence-electron chi connectivity index (χ4n) is 1.84. The molecule has 0 aliphatic heterocycles. The van der Waals surface area contributed by atoms with Gasteiger partial charge in [-0.2, -0.15) is 5.10 Å². The Hall–Kier alpha value is -2.57. The number of hydrogen-bond acceptors (Lipinski definition) is 6. The average Bonchev–Trinajstić information content (AvgIpc) is 2.94. The van der Waals surface area contributed by atoms with Crippen molar-refractivity contribution in [3.8, 4) is 5.75 Å². The summed E-state index contributed by atoms with van der Waals surface area (Å²) in [6.07, 6.45) is 1.43. The van der Waals surface area contributed by atoms with E-state index in [0.717, 1.165) is 0 Å². The topological polar surface area (TPSA) is 92.3 Å². The second-order valence-corrected chi connectivity index (χ2v) is 4.25. The molecule has 2 aromatic rings. The molecule has 0 saturated carbocycles. The minimum Gasteiger partial charge on any atom is -0.492 e. The molecule has 0 aliphatic carbocycles. The molecular formula is C14H18N4O3. The van der Waals surface area contributed by atoms with Gasteiger partial charge in [-0.15, -0.1) is 0 Å². The van der Waals surface area contributed by atoms with Crippen molar-refractivity contribution in [1.29, 1.82) is 0 Å². The summed E-state index contributed by atoms with van der Waals surface area (Å²) < 4.78 is 12.2. The minimum absolute atomic E-state index is 0.0692. The number of nitrogen functional groups attached to an aromatic ring is 1. The van der Waals surface area contributed by atoms with Gasteiger partial charge in [0.15, 0.2) is 12.4 Å². The molecule has 0 radical (unpaired) electrons. The Morgan fingerprint density at radius 1 is 1.38 bits per heavy atom. The zero-order chi connectivity index (χ0) is 15.2. The average molecular weight is 290 g/mol. The van der Waals surface area contributed by atoms with Gasteiger partial charge in [-0.05, 0) is 32.0 Å². The van der Waals surface area contributed by atoms with Gasteiger partial charge < -0.3 is 15.2 Å². The molecule has 0 amide bonds. The van der Waals surface area contributed by atoms with Gasteiger partial charge in [-0.3, -0.25) is 0 Å². The molecule has 1 aromatic heterocycles. The molecule has 2 rings (SSSR count). The highest BCUT2D eigenvalue weighted by Crippen LogP contribution is 2.23. The summed E-state index contributed by atoms with van der Waals surface area (Å²) in [4.78, 5) is 16.0. The molecule has 21 heavy (non-hydrogen) atoms. The van der Waals surface area contributed by atoms with Gasteiger partial charge in [-0.25, -0.2) is 14.5 Å². The van der Waals surface area contributed by atoms with Crippen LogP contribution in [0.5, 0.6) is 5.75 Å². The fraction of sp³-hybridized carbons (Fsp3) is 0.357. The number of aromatic nitrogens is 3. The number of carbonyl (C=O) groups excluding carboxylic acids is 1. The van der Waals surface area contributed by atoms with E-state index in [1.807, 2.05) is 13.8 Å². The van der Waals surface area contributed by atoms with Gasteiger partial charge in [0, 0.05) is 6.54 Å².